The van der Waals surface area contributed by atoms with Crippen molar-refractivity contribution in [2.75, 3.05) is 0 Å². The van der Waals surface area contributed by atoms with Gasteiger partial charge in [-0.2, -0.15) is 5.23 Å². The zero-order valence-corrected chi connectivity index (χ0v) is 13.2. The largest absolute Gasteiger partial charge is 0.595 e. The lowest BCUT2D eigenvalue weighted by Crippen LogP contribution is -2.99. The Kier molecular flexibility index (Phi) is 3.43. The normalized spacial score (nSPS) is 20.2. The summed E-state index contributed by atoms with van der Waals surface area (Å²) in [5, 5.41) is 25.7. The Labute approximate surface area is 142 Å². The van der Waals surface area contributed by atoms with Crippen molar-refractivity contribution in [3.63, 3.8) is 0 Å². The maximum Gasteiger partial charge on any atom is 0.194 e. The summed E-state index contributed by atoms with van der Waals surface area (Å²) in [5.74, 6) is -0.0459. The molecule has 120 valence electrons. The number of thiocarbonyl (C=S) groups is 1. The number of nitrogens with one attached hydrogen (secondary N) is 3. The van der Waals surface area contributed by atoms with Crippen molar-refractivity contribution >= 4 is 34.5 Å². The van der Waals surface area contributed by atoms with Gasteiger partial charge in [-0.05, 0) is 17.8 Å². The Bertz CT molecular complexity index is 890. The molecule has 0 saturated carbocycles. The summed E-state index contributed by atoms with van der Waals surface area (Å²) < 4.78 is 0. The summed E-state index contributed by atoms with van der Waals surface area (Å²) in [6, 6.07) is 13.5. The Hall–Kier alpha value is -2.58. The summed E-state index contributed by atoms with van der Waals surface area (Å²) in [5.41, 5.74) is 3.81. The lowest BCUT2D eigenvalue weighted by molar-refractivity contribution is -0.991. The highest BCUT2D eigenvalue weighted by molar-refractivity contribution is 7.80. The molecule has 2 atom stereocenters. The summed E-state index contributed by atoms with van der Waals surface area (Å²) >= 11 is 5.28. The molecule has 0 saturated heterocycles. The zero-order chi connectivity index (χ0) is 16.8. The number of fused-ring (bicyclic) bond motifs is 2. The molecule has 2 aromatic carbocycles. The maximum absolute atomic E-state index is 12.8. The van der Waals surface area contributed by atoms with Gasteiger partial charge in [0, 0.05) is 23.3 Å². The number of carbonyl (C=O) groups is 1. The lowest BCUT2D eigenvalue weighted by Gasteiger charge is -2.28. The molecule has 2 aromatic rings. The number of ketones is 1. The molecule has 0 bridgehead atoms. The molecule has 4 rings (SSSR count). The van der Waals surface area contributed by atoms with Crippen molar-refractivity contribution in [3.05, 3.63) is 76.0 Å². The van der Waals surface area contributed by atoms with Gasteiger partial charge in [-0.3, -0.25) is 4.79 Å². The number of quaternary nitrogens is 1. The van der Waals surface area contributed by atoms with Crippen LogP contribution in [-0.2, 0) is 0 Å². The standard InChI is InChI=1S/C17H13N3O3S/c21-16-12-4-2-1-3-11(12)15-13(16)14(18-17(24)19-15)9-5-7-10(8-6-9)20(22)23/h1-8,14,20,22H,(H2,18,19,24)/t14-/m1/s1. The molecule has 4 N–H and O–H groups in total. The monoisotopic (exact) mass is 339 g/mol. The van der Waals surface area contributed by atoms with Crippen LogP contribution in [0.25, 0.3) is 5.70 Å². The number of Topliss-reactive ketones (excluding diaryl/α,β-unsaturated/α-hetero) is 1. The van der Waals surface area contributed by atoms with Gasteiger partial charge in [0.25, 0.3) is 0 Å². The van der Waals surface area contributed by atoms with Gasteiger partial charge in [0.1, 0.15) is 0 Å². The van der Waals surface area contributed by atoms with E-state index in [1.54, 1.807) is 18.2 Å². The minimum absolute atomic E-state index is 0.0459. The Morgan fingerprint density at radius 3 is 2.42 bits per heavy atom. The van der Waals surface area contributed by atoms with E-state index in [9.17, 15) is 10.0 Å². The minimum atomic E-state index is -0.986. The number of hydrogen-bond acceptors (Lipinski definition) is 4. The molecule has 0 radical (unpaired) electrons. The molecule has 7 heteroatoms. The van der Waals surface area contributed by atoms with E-state index in [2.05, 4.69) is 10.6 Å². The van der Waals surface area contributed by atoms with E-state index in [4.69, 9.17) is 17.4 Å². The predicted octanol–water partition coefficient (Wildman–Crippen LogP) is 1.22. The smallest absolute Gasteiger partial charge is 0.194 e. The summed E-state index contributed by atoms with van der Waals surface area (Å²) in [7, 11) is 0. The Morgan fingerprint density at radius 1 is 1.08 bits per heavy atom. The molecule has 0 spiro atoms. The van der Waals surface area contributed by atoms with Gasteiger partial charge in [-0.1, -0.05) is 36.4 Å². The molecule has 1 aliphatic carbocycles. The van der Waals surface area contributed by atoms with Crippen molar-refractivity contribution in [2.24, 2.45) is 0 Å². The first kappa shape index (κ1) is 15.0. The maximum atomic E-state index is 12.8. The average molecular weight is 339 g/mol. The van der Waals surface area contributed by atoms with Crippen LogP contribution in [0.3, 0.4) is 0 Å². The molecule has 24 heavy (non-hydrogen) atoms. The second kappa shape index (κ2) is 5.50. The topological polar surface area (TPSA) is 88.9 Å². The van der Waals surface area contributed by atoms with Gasteiger partial charge in [0.2, 0.25) is 0 Å². The molecule has 0 fully saturated rings. The third-order valence-corrected chi connectivity index (χ3v) is 4.47. The fourth-order valence-electron chi connectivity index (χ4n) is 3.13. The second-order valence-electron chi connectivity index (χ2n) is 5.62. The van der Waals surface area contributed by atoms with Crippen LogP contribution in [0, 0.1) is 5.21 Å². The van der Waals surface area contributed by atoms with Gasteiger partial charge in [0.15, 0.2) is 16.6 Å². The number of carbonyl (C=O) groups excluding carboxylic acids is 1. The van der Waals surface area contributed by atoms with Gasteiger partial charge in [-0.15, -0.1) is 0 Å². The van der Waals surface area contributed by atoms with Crippen molar-refractivity contribution in [1.82, 2.24) is 10.6 Å². The molecule has 1 unspecified atom stereocenters. The third-order valence-electron chi connectivity index (χ3n) is 4.25. The SMILES string of the molecule is O=C1C2=C(NC(=S)N[C@@H]2c2ccc([NH+]([O-])O)cc2)c2ccccc21. The Balaban J connectivity index is 1.81. The van der Waals surface area contributed by atoms with Crippen LogP contribution in [0.5, 0.6) is 0 Å². The van der Waals surface area contributed by atoms with Crippen LogP contribution >= 0.6 is 12.2 Å². The molecule has 1 heterocycles. The highest BCUT2D eigenvalue weighted by Crippen LogP contribution is 2.39. The summed E-state index contributed by atoms with van der Waals surface area (Å²) in [6.45, 7) is 0. The predicted molar refractivity (Wildman–Crippen MR) is 91.5 cm³/mol. The van der Waals surface area contributed by atoms with E-state index in [1.807, 2.05) is 18.2 Å². The van der Waals surface area contributed by atoms with Gasteiger partial charge < -0.3 is 15.8 Å². The van der Waals surface area contributed by atoms with Gasteiger partial charge >= 0.3 is 0 Å². The Morgan fingerprint density at radius 2 is 1.75 bits per heavy atom. The van der Waals surface area contributed by atoms with Crippen LogP contribution in [-0.4, -0.2) is 16.1 Å². The van der Waals surface area contributed by atoms with Crippen LogP contribution in [0.1, 0.15) is 27.5 Å². The fourth-order valence-corrected chi connectivity index (χ4v) is 3.35. The first-order chi connectivity index (χ1) is 11.6. The summed E-state index contributed by atoms with van der Waals surface area (Å²) in [6.07, 6.45) is 0. The van der Waals surface area contributed by atoms with Crippen molar-refractivity contribution in [2.45, 2.75) is 6.04 Å². The van der Waals surface area contributed by atoms with Crippen molar-refractivity contribution in [1.29, 1.82) is 0 Å². The molecule has 0 amide bonds. The molecular weight excluding hydrogens is 326 g/mol. The molecule has 6 nitrogen and oxygen atoms in total. The average Bonchev–Trinajstić information content (AvgIpc) is 2.87. The first-order valence-electron chi connectivity index (χ1n) is 7.35. The zero-order valence-electron chi connectivity index (χ0n) is 12.4. The van der Waals surface area contributed by atoms with E-state index in [1.165, 1.54) is 12.1 Å². The number of benzene rings is 2. The number of rotatable bonds is 2. The van der Waals surface area contributed by atoms with E-state index < -0.39 is 11.3 Å². The first-order valence-corrected chi connectivity index (χ1v) is 7.76. The third kappa shape index (κ3) is 2.22. The van der Waals surface area contributed by atoms with Gasteiger partial charge in [-0.25, -0.2) is 5.21 Å². The van der Waals surface area contributed by atoms with E-state index in [-0.39, 0.29) is 11.5 Å². The molecule has 0 aromatic heterocycles. The van der Waals surface area contributed by atoms with E-state index in [0.717, 1.165) is 16.8 Å². The molecule has 1 aliphatic heterocycles. The molecule has 2 aliphatic rings. The minimum Gasteiger partial charge on any atom is -0.595 e. The highest BCUT2D eigenvalue weighted by atomic mass is 32.1. The quantitative estimate of drug-likeness (QED) is 0.486. The van der Waals surface area contributed by atoms with Crippen LogP contribution in [0.15, 0.2) is 54.1 Å². The lowest BCUT2D eigenvalue weighted by atomic mass is 9.94. The van der Waals surface area contributed by atoms with Gasteiger partial charge in [0.05, 0.1) is 17.3 Å². The van der Waals surface area contributed by atoms with E-state index >= 15 is 0 Å². The number of hydrogen-bond donors (Lipinski definition) is 4. The van der Waals surface area contributed by atoms with Crippen molar-refractivity contribution < 1.29 is 15.2 Å². The van der Waals surface area contributed by atoms with Crippen LogP contribution < -0.4 is 15.9 Å². The fraction of sp³-hybridized carbons (Fsp3) is 0.0588. The summed E-state index contributed by atoms with van der Waals surface area (Å²) in [4.78, 5) is 12.8. The van der Waals surface area contributed by atoms with E-state index in [0.29, 0.717) is 16.2 Å². The second-order valence-corrected chi connectivity index (χ2v) is 6.03. The van der Waals surface area contributed by atoms with Crippen LogP contribution in [0.4, 0.5) is 5.69 Å². The van der Waals surface area contributed by atoms with Crippen LogP contribution in [0.2, 0.25) is 0 Å². The van der Waals surface area contributed by atoms with Crippen molar-refractivity contribution in [3.8, 4) is 0 Å². The highest BCUT2D eigenvalue weighted by Gasteiger charge is 2.38. The molecular formula is C17H13N3O3S.